The minimum absolute atomic E-state index is 0.0656. The molecule has 0 fully saturated rings. The van der Waals surface area contributed by atoms with E-state index in [9.17, 15) is 4.79 Å². The Morgan fingerprint density at radius 1 is 1.08 bits per heavy atom. The molecule has 2 heterocycles. The zero-order chi connectivity index (χ0) is 17.2. The molecular formula is C19H17N3OS2. The summed E-state index contributed by atoms with van der Waals surface area (Å²) in [5.74, 6) is 0.417. The van der Waals surface area contributed by atoms with E-state index in [1.165, 1.54) is 11.8 Å². The highest BCUT2D eigenvalue weighted by molar-refractivity contribution is 8.00. The van der Waals surface area contributed by atoms with Gasteiger partial charge in [0.2, 0.25) is 5.91 Å². The number of carbonyl (C=O) groups is 1. The van der Waals surface area contributed by atoms with Crippen LogP contribution in [0.1, 0.15) is 6.92 Å². The Morgan fingerprint density at radius 2 is 1.72 bits per heavy atom. The van der Waals surface area contributed by atoms with E-state index in [1.807, 2.05) is 52.1 Å². The number of carbonyl (C=O) groups excluding carboxylic acids is 1. The molecule has 6 heteroatoms. The van der Waals surface area contributed by atoms with Crippen LogP contribution in [0.4, 0.5) is 11.4 Å². The molecule has 126 valence electrons. The number of para-hydroxylation sites is 2. The molecule has 0 spiro atoms. The standard InChI is InChI=1S/C19H17N3OS2/c1-2-21-12-11-20-19(21)24-13-18(23)22-14-7-3-5-9-16(14)25-17-10-6-4-8-15(17)22/h3-12H,2,13H2,1H3. The molecule has 1 aliphatic heterocycles. The summed E-state index contributed by atoms with van der Waals surface area (Å²) in [6, 6.07) is 16.1. The number of benzene rings is 2. The van der Waals surface area contributed by atoms with Gasteiger partial charge in [-0.25, -0.2) is 4.98 Å². The van der Waals surface area contributed by atoms with E-state index in [4.69, 9.17) is 0 Å². The van der Waals surface area contributed by atoms with Gasteiger partial charge in [0, 0.05) is 28.7 Å². The lowest BCUT2D eigenvalue weighted by molar-refractivity contribution is -0.115. The third-order valence-corrected chi connectivity index (χ3v) is 6.14. The van der Waals surface area contributed by atoms with Crippen molar-refractivity contribution < 1.29 is 4.79 Å². The first-order valence-electron chi connectivity index (χ1n) is 8.10. The second-order valence-electron chi connectivity index (χ2n) is 5.55. The van der Waals surface area contributed by atoms with Gasteiger partial charge in [0.15, 0.2) is 5.16 Å². The Bertz CT molecular complexity index is 877. The molecule has 2 aromatic carbocycles. The monoisotopic (exact) mass is 367 g/mol. The van der Waals surface area contributed by atoms with E-state index >= 15 is 0 Å². The van der Waals surface area contributed by atoms with E-state index in [0.29, 0.717) is 5.75 Å². The van der Waals surface area contributed by atoms with Crippen molar-refractivity contribution in [2.24, 2.45) is 0 Å². The molecule has 4 rings (SSSR count). The fourth-order valence-electron chi connectivity index (χ4n) is 2.84. The number of hydrogen-bond acceptors (Lipinski definition) is 4. The van der Waals surface area contributed by atoms with E-state index in [-0.39, 0.29) is 5.91 Å². The third kappa shape index (κ3) is 3.07. The SMILES string of the molecule is CCn1ccnc1SCC(=O)N1c2ccccc2Sc2ccccc21. The number of thioether (sulfide) groups is 1. The first-order valence-corrected chi connectivity index (χ1v) is 9.91. The van der Waals surface area contributed by atoms with Gasteiger partial charge in [-0.15, -0.1) is 0 Å². The van der Waals surface area contributed by atoms with Crippen molar-refractivity contribution in [3.63, 3.8) is 0 Å². The fraction of sp³-hybridized carbons (Fsp3) is 0.158. The van der Waals surface area contributed by atoms with E-state index < -0.39 is 0 Å². The number of aryl methyl sites for hydroxylation is 1. The topological polar surface area (TPSA) is 38.1 Å². The molecule has 4 nitrogen and oxygen atoms in total. The largest absolute Gasteiger partial charge is 0.326 e. The highest BCUT2D eigenvalue weighted by Gasteiger charge is 2.27. The number of rotatable bonds is 4. The maximum atomic E-state index is 13.1. The molecular weight excluding hydrogens is 350 g/mol. The van der Waals surface area contributed by atoms with Crippen molar-refractivity contribution >= 4 is 40.8 Å². The summed E-state index contributed by atoms with van der Waals surface area (Å²) in [6.07, 6.45) is 3.72. The fourth-order valence-corrected chi connectivity index (χ4v) is 4.77. The van der Waals surface area contributed by atoms with Gasteiger partial charge in [-0.1, -0.05) is 47.8 Å². The zero-order valence-electron chi connectivity index (χ0n) is 13.8. The van der Waals surface area contributed by atoms with Gasteiger partial charge in [0.25, 0.3) is 0 Å². The number of anilines is 2. The summed E-state index contributed by atoms with van der Waals surface area (Å²) in [4.78, 5) is 21.5. The minimum atomic E-state index is 0.0656. The van der Waals surface area contributed by atoms with Gasteiger partial charge in [-0.05, 0) is 31.2 Å². The normalized spacial score (nSPS) is 12.6. The smallest absolute Gasteiger partial charge is 0.242 e. The third-order valence-electron chi connectivity index (χ3n) is 4.02. The van der Waals surface area contributed by atoms with Gasteiger partial charge in [0.1, 0.15) is 0 Å². The number of fused-ring (bicyclic) bond motifs is 2. The van der Waals surface area contributed by atoms with Gasteiger partial charge < -0.3 is 4.57 Å². The number of nitrogens with zero attached hydrogens (tertiary/aromatic N) is 3. The van der Waals surface area contributed by atoms with Crippen LogP contribution in [0.5, 0.6) is 0 Å². The molecule has 1 amide bonds. The van der Waals surface area contributed by atoms with Crippen molar-refractivity contribution in [3.05, 3.63) is 60.9 Å². The Hall–Kier alpha value is -2.18. The van der Waals surface area contributed by atoms with Crippen LogP contribution in [-0.4, -0.2) is 21.2 Å². The molecule has 0 atom stereocenters. The molecule has 1 aliphatic rings. The highest BCUT2D eigenvalue weighted by atomic mass is 32.2. The second kappa shape index (κ2) is 6.98. The molecule has 0 radical (unpaired) electrons. The average molecular weight is 367 g/mol. The lowest BCUT2D eigenvalue weighted by Gasteiger charge is -2.30. The number of hydrogen-bond donors (Lipinski definition) is 0. The Morgan fingerprint density at radius 3 is 2.36 bits per heavy atom. The zero-order valence-corrected chi connectivity index (χ0v) is 15.4. The molecule has 0 aliphatic carbocycles. The summed E-state index contributed by atoms with van der Waals surface area (Å²) in [5.41, 5.74) is 1.91. The summed E-state index contributed by atoms with van der Waals surface area (Å²) in [7, 11) is 0. The van der Waals surface area contributed by atoms with Crippen LogP contribution in [0.25, 0.3) is 0 Å². The lowest BCUT2D eigenvalue weighted by Crippen LogP contribution is -2.30. The van der Waals surface area contributed by atoms with Crippen LogP contribution in [0.15, 0.2) is 75.9 Å². The van der Waals surface area contributed by atoms with Gasteiger partial charge in [-0.2, -0.15) is 0 Å². The van der Waals surface area contributed by atoms with E-state index in [2.05, 4.69) is 24.0 Å². The van der Waals surface area contributed by atoms with Crippen molar-refractivity contribution in [3.8, 4) is 0 Å². The summed E-state index contributed by atoms with van der Waals surface area (Å²) >= 11 is 3.19. The van der Waals surface area contributed by atoms with Crippen LogP contribution in [0, 0.1) is 0 Å². The van der Waals surface area contributed by atoms with Crippen LogP contribution >= 0.6 is 23.5 Å². The van der Waals surface area contributed by atoms with Crippen molar-refractivity contribution in [1.29, 1.82) is 0 Å². The quantitative estimate of drug-likeness (QED) is 0.620. The maximum Gasteiger partial charge on any atom is 0.242 e. The van der Waals surface area contributed by atoms with Crippen molar-refractivity contribution in [1.82, 2.24) is 9.55 Å². The first-order chi connectivity index (χ1) is 12.3. The van der Waals surface area contributed by atoms with Gasteiger partial charge in [0.05, 0.1) is 17.1 Å². The van der Waals surface area contributed by atoms with Crippen molar-refractivity contribution in [2.45, 2.75) is 28.4 Å². The van der Waals surface area contributed by atoms with E-state index in [0.717, 1.165) is 32.9 Å². The summed E-state index contributed by atoms with van der Waals surface area (Å²) < 4.78 is 2.05. The number of aromatic nitrogens is 2. The second-order valence-corrected chi connectivity index (χ2v) is 7.58. The predicted octanol–water partition coefficient (Wildman–Crippen LogP) is 4.82. The molecule has 1 aromatic heterocycles. The molecule has 0 unspecified atom stereocenters. The number of amides is 1. The van der Waals surface area contributed by atoms with Crippen LogP contribution in [0.3, 0.4) is 0 Å². The Labute approximate surface area is 155 Å². The summed E-state index contributed by atoms with van der Waals surface area (Å²) in [6.45, 7) is 2.92. The minimum Gasteiger partial charge on any atom is -0.326 e. The molecule has 0 saturated carbocycles. The molecule has 0 bridgehead atoms. The maximum absolute atomic E-state index is 13.1. The van der Waals surface area contributed by atoms with Gasteiger partial charge >= 0.3 is 0 Å². The molecule has 0 N–H and O–H groups in total. The van der Waals surface area contributed by atoms with Crippen LogP contribution < -0.4 is 4.90 Å². The van der Waals surface area contributed by atoms with E-state index in [1.54, 1.807) is 18.0 Å². The molecule has 3 aromatic rings. The molecule has 25 heavy (non-hydrogen) atoms. The Kier molecular flexibility index (Phi) is 4.55. The number of imidazole rings is 1. The average Bonchev–Trinajstić information content (AvgIpc) is 3.11. The van der Waals surface area contributed by atoms with Crippen molar-refractivity contribution in [2.75, 3.05) is 10.7 Å². The predicted molar refractivity (Wildman–Crippen MR) is 103 cm³/mol. The Balaban J connectivity index is 1.64. The summed E-state index contributed by atoms with van der Waals surface area (Å²) in [5, 5.41) is 0.879. The van der Waals surface area contributed by atoms with Gasteiger partial charge in [-0.3, -0.25) is 9.69 Å². The molecule has 0 saturated heterocycles. The first kappa shape index (κ1) is 16.3. The van der Waals surface area contributed by atoms with Crippen LogP contribution in [-0.2, 0) is 11.3 Å². The van der Waals surface area contributed by atoms with Crippen LogP contribution in [0.2, 0.25) is 0 Å². The lowest BCUT2D eigenvalue weighted by atomic mass is 10.2. The highest BCUT2D eigenvalue weighted by Crippen LogP contribution is 2.48.